The van der Waals surface area contributed by atoms with Crippen LogP contribution in [0.4, 0.5) is 10.5 Å². The Labute approximate surface area is 167 Å². The van der Waals surface area contributed by atoms with E-state index in [0.29, 0.717) is 12.2 Å². The topological polar surface area (TPSA) is 73.5 Å². The molecule has 3 N–H and O–H groups in total. The van der Waals surface area contributed by atoms with Crippen LogP contribution in [0.15, 0.2) is 60.7 Å². The molecule has 6 nitrogen and oxygen atoms in total. The molecule has 2 atom stereocenters. The van der Waals surface area contributed by atoms with E-state index in [0.717, 1.165) is 18.7 Å². The monoisotopic (exact) mass is 382 g/mol. The van der Waals surface area contributed by atoms with E-state index in [-0.39, 0.29) is 11.9 Å². The first kappa shape index (κ1) is 21.4. The van der Waals surface area contributed by atoms with Gasteiger partial charge >= 0.3 is 6.03 Å². The Morgan fingerprint density at radius 3 is 2.07 bits per heavy atom. The standard InChI is InChI=1S/C22H30N4O2/c1-4-26(5-2)20(18-12-8-6-9-13-18)16-23-21(27)17(3)24-22(28)25-19-14-10-7-11-15-19/h6-15,17,20H,4-5,16H2,1-3H3,(H,23,27)(H2,24,25,28)/t17-,20+/m1/s1. The van der Waals surface area contributed by atoms with E-state index >= 15 is 0 Å². The molecule has 150 valence electrons. The van der Waals surface area contributed by atoms with E-state index in [4.69, 9.17) is 0 Å². The number of anilines is 1. The van der Waals surface area contributed by atoms with Crippen molar-refractivity contribution in [1.82, 2.24) is 15.5 Å². The van der Waals surface area contributed by atoms with Crippen molar-refractivity contribution in [2.24, 2.45) is 0 Å². The van der Waals surface area contributed by atoms with Crippen molar-refractivity contribution in [3.8, 4) is 0 Å². The van der Waals surface area contributed by atoms with Crippen LogP contribution in [0.25, 0.3) is 0 Å². The molecule has 0 saturated carbocycles. The Kier molecular flexibility index (Phi) is 8.49. The van der Waals surface area contributed by atoms with Gasteiger partial charge in [-0.2, -0.15) is 0 Å². The van der Waals surface area contributed by atoms with Crippen LogP contribution in [0.5, 0.6) is 0 Å². The van der Waals surface area contributed by atoms with Gasteiger partial charge in [0.05, 0.1) is 6.04 Å². The molecule has 0 saturated heterocycles. The van der Waals surface area contributed by atoms with Crippen molar-refractivity contribution in [3.05, 3.63) is 66.2 Å². The number of carbonyl (C=O) groups is 2. The lowest BCUT2D eigenvalue weighted by Crippen LogP contribution is -2.48. The highest BCUT2D eigenvalue weighted by Gasteiger charge is 2.21. The van der Waals surface area contributed by atoms with Crippen LogP contribution in [0.2, 0.25) is 0 Å². The quantitative estimate of drug-likeness (QED) is 0.622. The SMILES string of the molecule is CCN(CC)[C@@H](CNC(=O)[C@@H](C)NC(=O)Nc1ccccc1)c1ccccc1. The molecule has 0 aliphatic heterocycles. The van der Waals surface area contributed by atoms with Crippen molar-refractivity contribution in [2.45, 2.75) is 32.9 Å². The predicted molar refractivity (Wildman–Crippen MR) is 113 cm³/mol. The van der Waals surface area contributed by atoms with Gasteiger partial charge in [-0.1, -0.05) is 62.4 Å². The Bertz CT molecular complexity index is 733. The number of carbonyl (C=O) groups excluding carboxylic acids is 2. The zero-order valence-corrected chi connectivity index (χ0v) is 16.8. The van der Waals surface area contributed by atoms with E-state index in [2.05, 4.69) is 46.8 Å². The smallest absolute Gasteiger partial charge is 0.319 e. The molecule has 0 radical (unpaired) electrons. The first-order valence-electron chi connectivity index (χ1n) is 9.74. The fourth-order valence-corrected chi connectivity index (χ4v) is 3.10. The Morgan fingerprint density at radius 2 is 1.50 bits per heavy atom. The highest BCUT2D eigenvalue weighted by molar-refractivity contribution is 5.93. The van der Waals surface area contributed by atoms with Gasteiger partial charge in [0.15, 0.2) is 0 Å². The zero-order chi connectivity index (χ0) is 20.4. The summed E-state index contributed by atoms with van der Waals surface area (Å²) in [5.74, 6) is -0.212. The van der Waals surface area contributed by atoms with Gasteiger partial charge in [-0.15, -0.1) is 0 Å². The third kappa shape index (κ3) is 6.39. The summed E-state index contributed by atoms with van der Waals surface area (Å²) in [4.78, 5) is 26.9. The summed E-state index contributed by atoms with van der Waals surface area (Å²) in [5, 5.41) is 8.37. The summed E-state index contributed by atoms with van der Waals surface area (Å²) in [6.45, 7) is 8.16. The highest BCUT2D eigenvalue weighted by Crippen LogP contribution is 2.19. The van der Waals surface area contributed by atoms with Crippen LogP contribution in [-0.4, -0.2) is 42.5 Å². The lowest BCUT2D eigenvalue weighted by Gasteiger charge is -2.30. The number of para-hydroxylation sites is 1. The molecule has 2 aromatic carbocycles. The fourth-order valence-electron chi connectivity index (χ4n) is 3.10. The van der Waals surface area contributed by atoms with E-state index in [9.17, 15) is 9.59 Å². The average Bonchev–Trinajstić information content (AvgIpc) is 2.72. The Hall–Kier alpha value is -2.86. The number of hydrogen-bond acceptors (Lipinski definition) is 3. The maximum absolute atomic E-state index is 12.5. The molecule has 0 fully saturated rings. The van der Waals surface area contributed by atoms with E-state index < -0.39 is 12.1 Å². The molecule has 0 heterocycles. The summed E-state index contributed by atoms with van der Waals surface area (Å²) in [6, 6.07) is 18.3. The second-order valence-corrected chi connectivity index (χ2v) is 6.58. The predicted octanol–water partition coefficient (Wildman–Crippen LogP) is 3.40. The molecule has 0 spiro atoms. The van der Waals surface area contributed by atoms with Crippen molar-refractivity contribution in [3.63, 3.8) is 0 Å². The molecule has 28 heavy (non-hydrogen) atoms. The lowest BCUT2D eigenvalue weighted by molar-refractivity contribution is -0.122. The van der Waals surface area contributed by atoms with E-state index in [1.54, 1.807) is 19.1 Å². The molecular weight excluding hydrogens is 352 g/mol. The van der Waals surface area contributed by atoms with E-state index in [1.807, 2.05) is 36.4 Å². The molecule has 0 unspecified atom stereocenters. The van der Waals surface area contributed by atoms with Gasteiger partial charge < -0.3 is 16.0 Å². The number of hydrogen-bond donors (Lipinski definition) is 3. The maximum atomic E-state index is 12.5. The van der Waals surface area contributed by atoms with Crippen molar-refractivity contribution < 1.29 is 9.59 Å². The molecular formula is C22H30N4O2. The van der Waals surface area contributed by atoms with Crippen molar-refractivity contribution in [2.75, 3.05) is 25.0 Å². The molecule has 6 heteroatoms. The van der Waals surface area contributed by atoms with Crippen LogP contribution in [0.3, 0.4) is 0 Å². The van der Waals surface area contributed by atoms with Crippen LogP contribution in [0, 0.1) is 0 Å². The summed E-state index contributed by atoms with van der Waals surface area (Å²) < 4.78 is 0. The Morgan fingerprint density at radius 1 is 0.929 bits per heavy atom. The first-order valence-corrected chi connectivity index (χ1v) is 9.74. The number of benzene rings is 2. The van der Waals surface area contributed by atoms with Gasteiger partial charge in [-0.25, -0.2) is 4.79 Å². The normalized spacial score (nSPS) is 12.9. The number of rotatable bonds is 9. The number of nitrogens with zero attached hydrogens (tertiary/aromatic N) is 1. The third-order valence-electron chi connectivity index (χ3n) is 4.68. The highest BCUT2D eigenvalue weighted by atomic mass is 16.2. The number of likely N-dealkylation sites (N-methyl/N-ethyl adjacent to an activating group) is 1. The fraction of sp³-hybridized carbons (Fsp3) is 0.364. The molecule has 0 aliphatic carbocycles. The van der Waals surface area contributed by atoms with Crippen LogP contribution >= 0.6 is 0 Å². The number of nitrogens with one attached hydrogen (secondary N) is 3. The summed E-state index contributed by atoms with van der Waals surface area (Å²) in [6.07, 6.45) is 0. The zero-order valence-electron chi connectivity index (χ0n) is 16.8. The molecule has 2 aromatic rings. The lowest BCUT2D eigenvalue weighted by atomic mass is 10.0. The van der Waals surface area contributed by atoms with Crippen molar-refractivity contribution >= 4 is 17.6 Å². The number of amides is 3. The minimum absolute atomic E-state index is 0.0884. The molecule has 0 bridgehead atoms. The summed E-state index contributed by atoms with van der Waals surface area (Å²) in [5.41, 5.74) is 1.84. The molecule has 0 aliphatic rings. The second-order valence-electron chi connectivity index (χ2n) is 6.58. The third-order valence-corrected chi connectivity index (χ3v) is 4.68. The minimum Gasteiger partial charge on any atom is -0.352 e. The van der Waals surface area contributed by atoms with Crippen LogP contribution < -0.4 is 16.0 Å². The van der Waals surface area contributed by atoms with Gasteiger partial charge in [0.2, 0.25) is 5.91 Å². The van der Waals surface area contributed by atoms with Gasteiger partial charge in [-0.3, -0.25) is 9.69 Å². The number of urea groups is 1. The Balaban J connectivity index is 1.91. The summed E-state index contributed by atoms with van der Waals surface area (Å²) in [7, 11) is 0. The molecule has 0 aromatic heterocycles. The van der Waals surface area contributed by atoms with Crippen LogP contribution in [-0.2, 0) is 4.79 Å². The van der Waals surface area contributed by atoms with E-state index in [1.165, 1.54) is 0 Å². The van der Waals surface area contributed by atoms with Gasteiger partial charge in [0.25, 0.3) is 0 Å². The summed E-state index contributed by atoms with van der Waals surface area (Å²) >= 11 is 0. The molecule has 2 rings (SSSR count). The first-order chi connectivity index (χ1) is 13.5. The van der Waals surface area contributed by atoms with Gasteiger partial charge in [-0.05, 0) is 37.7 Å². The molecule has 3 amide bonds. The largest absolute Gasteiger partial charge is 0.352 e. The van der Waals surface area contributed by atoms with Crippen molar-refractivity contribution in [1.29, 1.82) is 0 Å². The average molecular weight is 383 g/mol. The van der Waals surface area contributed by atoms with Gasteiger partial charge in [0, 0.05) is 12.2 Å². The minimum atomic E-state index is -0.642. The maximum Gasteiger partial charge on any atom is 0.319 e. The van der Waals surface area contributed by atoms with Gasteiger partial charge in [0.1, 0.15) is 6.04 Å². The second kappa shape index (κ2) is 11.1. The van der Waals surface area contributed by atoms with Crippen LogP contribution in [0.1, 0.15) is 32.4 Å².